The Morgan fingerprint density at radius 1 is 0.929 bits per heavy atom. The van der Waals surface area contributed by atoms with Crippen LogP contribution in [-0.4, -0.2) is 19.4 Å². The van der Waals surface area contributed by atoms with E-state index in [0.717, 1.165) is 19.3 Å². The third-order valence-electron chi connectivity index (χ3n) is 1.92. The molecule has 0 rings (SSSR count). The molecule has 0 aliphatic carbocycles. The minimum absolute atomic E-state index is 0.197. The molecule has 0 bridgehead atoms. The van der Waals surface area contributed by atoms with Gasteiger partial charge in [0.2, 0.25) is 0 Å². The van der Waals surface area contributed by atoms with Gasteiger partial charge in [-0.3, -0.25) is 0 Å². The molecule has 0 unspecified atom stereocenters. The zero-order valence-electron chi connectivity index (χ0n) is 8.70. The van der Waals surface area contributed by atoms with Crippen molar-refractivity contribution in [2.75, 3.05) is 13.2 Å². The Kier molecular flexibility index (Phi) is 7.95. The number of unbranched alkanes of at least 4 members (excludes halogenated alkanes) is 4. The van der Waals surface area contributed by atoms with Gasteiger partial charge >= 0.3 is 6.18 Å². The third kappa shape index (κ3) is 11.8. The fourth-order valence-electron chi connectivity index (χ4n) is 1.10. The van der Waals surface area contributed by atoms with Crippen LogP contribution in [0, 0.1) is 0 Å². The van der Waals surface area contributed by atoms with Crippen LogP contribution in [0.15, 0.2) is 0 Å². The lowest BCUT2D eigenvalue weighted by Gasteiger charge is -2.06. The Morgan fingerprint density at radius 3 is 2.14 bits per heavy atom. The zero-order valence-corrected chi connectivity index (χ0v) is 8.70. The van der Waals surface area contributed by atoms with Crippen LogP contribution < -0.4 is 0 Å². The molecule has 0 aliphatic heterocycles. The number of rotatable bonds is 8. The lowest BCUT2D eigenvalue weighted by atomic mass is 10.2. The molecule has 0 aromatic carbocycles. The van der Waals surface area contributed by atoms with Gasteiger partial charge in [0.25, 0.3) is 0 Å². The average molecular weight is 212 g/mol. The van der Waals surface area contributed by atoms with Crippen molar-refractivity contribution in [3.8, 4) is 0 Å². The van der Waals surface area contributed by atoms with E-state index in [9.17, 15) is 13.2 Å². The lowest BCUT2D eigenvalue weighted by Crippen LogP contribution is -2.11. The Balaban J connectivity index is 2.99. The SMILES string of the molecule is CCCCCCCOCCC(F)(F)F. The van der Waals surface area contributed by atoms with Crippen LogP contribution in [0.5, 0.6) is 0 Å². The van der Waals surface area contributed by atoms with Crippen molar-refractivity contribution in [3.05, 3.63) is 0 Å². The second-order valence-corrected chi connectivity index (χ2v) is 3.39. The number of halogens is 3. The van der Waals surface area contributed by atoms with Gasteiger partial charge in [0, 0.05) is 6.61 Å². The van der Waals surface area contributed by atoms with Gasteiger partial charge in [-0.25, -0.2) is 0 Å². The van der Waals surface area contributed by atoms with Crippen LogP contribution in [0.3, 0.4) is 0 Å². The molecule has 0 heterocycles. The average Bonchev–Trinajstić information content (AvgIpc) is 2.08. The molecule has 4 heteroatoms. The molecule has 0 amide bonds. The van der Waals surface area contributed by atoms with Gasteiger partial charge in [0.05, 0.1) is 13.0 Å². The van der Waals surface area contributed by atoms with Crippen LogP contribution in [0.25, 0.3) is 0 Å². The normalized spacial score (nSPS) is 12.0. The molecule has 86 valence electrons. The van der Waals surface area contributed by atoms with Crippen molar-refractivity contribution < 1.29 is 17.9 Å². The first-order valence-electron chi connectivity index (χ1n) is 5.20. The summed E-state index contributed by atoms with van der Waals surface area (Å²) in [6.07, 6.45) is 0.540. The minimum Gasteiger partial charge on any atom is -0.381 e. The van der Waals surface area contributed by atoms with Gasteiger partial charge < -0.3 is 4.74 Å². The first kappa shape index (κ1) is 13.8. The minimum atomic E-state index is -4.08. The molecule has 0 saturated heterocycles. The molecule has 0 aromatic rings. The van der Waals surface area contributed by atoms with E-state index in [-0.39, 0.29) is 6.61 Å². The second kappa shape index (κ2) is 8.09. The van der Waals surface area contributed by atoms with Gasteiger partial charge in [-0.2, -0.15) is 13.2 Å². The van der Waals surface area contributed by atoms with E-state index in [1.807, 2.05) is 0 Å². The summed E-state index contributed by atoms with van der Waals surface area (Å²) in [5.41, 5.74) is 0. The summed E-state index contributed by atoms with van der Waals surface area (Å²) in [7, 11) is 0. The van der Waals surface area contributed by atoms with Gasteiger partial charge in [-0.05, 0) is 6.42 Å². The smallest absolute Gasteiger partial charge is 0.381 e. The summed E-state index contributed by atoms with van der Waals surface area (Å²) in [6.45, 7) is 2.39. The van der Waals surface area contributed by atoms with E-state index in [0.29, 0.717) is 6.61 Å². The van der Waals surface area contributed by atoms with E-state index >= 15 is 0 Å². The molecule has 0 fully saturated rings. The Labute approximate surface area is 83.6 Å². The maximum Gasteiger partial charge on any atom is 0.391 e. The summed E-state index contributed by atoms with van der Waals surface area (Å²) in [4.78, 5) is 0. The fourth-order valence-corrected chi connectivity index (χ4v) is 1.10. The van der Waals surface area contributed by atoms with E-state index in [4.69, 9.17) is 4.74 Å². The van der Waals surface area contributed by atoms with Crippen molar-refractivity contribution in [1.82, 2.24) is 0 Å². The third-order valence-corrected chi connectivity index (χ3v) is 1.92. The number of hydrogen-bond acceptors (Lipinski definition) is 1. The highest BCUT2D eigenvalue weighted by Gasteiger charge is 2.26. The highest BCUT2D eigenvalue weighted by atomic mass is 19.4. The largest absolute Gasteiger partial charge is 0.391 e. The Morgan fingerprint density at radius 2 is 1.57 bits per heavy atom. The number of alkyl halides is 3. The van der Waals surface area contributed by atoms with E-state index in [1.165, 1.54) is 12.8 Å². The summed E-state index contributed by atoms with van der Waals surface area (Å²) >= 11 is 0. The molecule has 0 atom stereocenters. The summed E-state index contributed by atoms with van der Waals surface area (Å²) in [5, 5.41) is 0. The van der Waals surface area contributed by atoms with Crippen LogP contribution in [0.1, 0.15) is 45.4 Å². The predicted molar refractivity (Wildman–Crippen MR) is 50.3 cm³/mol. The molecule has 0 aliphatic rings. The van der Waals surface area contributed by atoms with Crippen molar-refractivity contribution in [3.63, 3.8) is 0 Å². The number of hydrogen-bond donors (Lipinski definition) is 0. The number of ether oxygens (including phenoxy) is 1. The summed E-state index contributed by atoms with van der Waals surface area (Å²) < 4.78 is 39.8. The molecule has 0 saturated carbocycles. The molecule has 1 nitrogen and oxygen atoms in total. The lowest BCUT2D eigenvalue weighted by molar-refractivity contribution is -0.145. The van der Waals surface area contributed by atoms with Gasteiger partial charge in [0.15, 0.2) is 0 Å². The highest BCUT2D eigenvalue weighted by Crippen LogP contribution is 2.18. The summed E-state index contributed by atoms with van der Waals surface area (Å²) in [5.74, 6) is 0. The highest BCUT2D eigenvalue weighted by molar-refractivity contribution is 4.48. The van der Waals surface area contributed by atoms with E-state index in [2.05, 4.69) is 6.92 Å². The monoisotopic (exact) mass is 212 g/mol. The molecule has 0 aromatic heterocycles. The van der Waals surface area contributed by atoms with Gasteiger partial charge in [-0.15, -0.1) is 0 Å². The predicted octanol–water partition coefficient (Wildman–Crippen LogP) is 3.93. The molecule has 0 spiro atoms. The first-order chi connectivity index (χ1) is 6.56. The topological polar surface area (TPSA) is 9.23 Å². The van der Waals surface area contributed by atoms with Gasteiger partial charge in [0.1, 0.15) is 0 Å². The Hall–Kier alpha value is -0.250. The van der Waals surface area contributed by atoms with Crippen LogP contribution in [0.4, 0.5) is 13.2 Å². The Bertz CT molecular complexity index is 123. The molecule has 0 radical (unpaired) electrons. The van der Waals surface area contributed by atoms with Crippen LogP contribution in [0.2, 0.25) is 0 Å². The molecule has 0 N–H and O–H groups in total. The summed E-state index contributed by atoms with van der Waals surface area (Å²) in [6, 6.07) is 0. The standard InChI is InChI=1S/C10H19F3O/c1-2-3-4-5-6-8-14-9-7-10(11,12)13/h2-9H2,1H3. The first-order valence-corrected chi connectivity index (χ1v) is 5.20. The van der Waals surface area contributed by atoms with Crippen LogP contribution in [-0.2, 0) is 4.74 Å². The molecular weight excluding hydrogens is 193 g/mol. The second-order valence-electron chi connectivity index (χ2n) is 3.39. The van der Waals surface area contributed by atoms with Crippen molar-refractivity contribution >= 4 is 0 Å². The maximum atomic E-state index is 11.7. The van der Waals surface area contributed by atoms with Crippen molar-refractivity contribution in [2.45, 2.75) is 51.6 Å². The van der Waals surface area contributed by atoms with Crippen molar-refractivity contribution in [1.29, 1.82) is 0 Å². The quantitative estimate of drug-likeness (QED) is 0.554. The zero-order chi connectivity index (χ0) is 10.9. The van der Waals surface area contributed by atoms with Crippen LogP contribution >= 0.6 is 0 Å². The van der Waals surface area contributed by atoms with Crippen molar-refractivity contribution in [2.24, 2.45) is 0 Å². The van der Waals surface area contributed by atoms with E-state index < -0.39 is 12.6 Å². The van der Waals surface area contributed by atoms with Gasteiger partial charge in [-0.1, -0.05) is 32.6 Å². The fraction of sp³-hybridized carbons (Fsp3) is 1.00. The van der Waals surface area contributed by atoms with E-state index in [1.54, 1.807) is 0 Å². The molecule has 14 heavy (non-hydrogen) atoms. The molecular formula is C10H19F3O. The maximum absolute atomic E-state index is 11.7.